The smallest absolute Gasteiger partial charge is 0.410 e. The quantitative estimate of drug-likeness (QED) is 0.625. The van der Waals surface area contributed by atoms with E-state index in [1.54, 1.807) is 42.1 Å². The first kappa shape index (κ1) is 25.1. The van der Waals surface area contributed by atoms with E-state index < -0.39 is 17.5 Å². The summed E-state index contributed by atoms with van der Waals surface area (Å²) in [5.41, 5.74) is 0.163. The summed E-state index contributed by atoms with van der Waals surface area (Å²) < 4.78 is 17.4. The van der Waals surface area contributed by atoms with Gasteiger partial charge in [-0.15, -0.1) is 0 Å². The van der Waals surface area contributed by atoms with E-state index in [0.717, 1.165) is 5.56 Å². The summed E-state index contributed by atoms with van der Waals surface area (Å²) in [4.78, 5) is 29.3. The Morgan fingerprint density at radius 1 is 1.09 bits per heavy atom. The highest BCUT2D eigenvalue weighted by atomic mass is 35.5. The van der Waals surface area contributed by atoms with E-state index in [9.17, 15) is 9.59 Å². The summed E-state index contributed by atoms with van der Waals surface area (Å²) in [7, 11) is 3.48. The first-order chi connectivity index (χ1) is 14.9. The fraction of sp³-hybridized carbons (Fsp3) is 0.652. The van der Waals surface area contributed by atoms with Gasteiger partial charge < -0.3 is 24.0 Å². The van der Waals surface area contributed by atoms with Crippen molar-refractivity contribution in [1.29, 1.82) is 0 Å². The SMILES string of the molecule is CN(C(=O)Cc1ccc(Cl)c(Cl)c1)[C@H]1CC2(CC[C@@H]1N(C)C(=O)OC(C)(C)C)OCCO2. The summed E-state index contributed by atoms with van der Waals surface area (Å²) in [6, 6.07) is 4.64. The van der Waals surface area contributed by atoms with Gasteiger partial charge in [0.2, 0.25) is 5.91 Å². The lowest BCUT2D eigenvalue weighted by atomic mass is 9.84. The molecular weight excluding hydrogens is 455 g/mol. The third-order valence-corrected chi connectivity index (χ3v) is 6.75. The Morgan fingerprint density at radius 3 is 2.34 bits per heavy atom. The second kappa shape index (κ2) is 9.75. The predicted molar refractivity (Wildman–Crippen MR) is 123 cm³/mol. The third-order valence-electron chi connectivity index (χ3n) is 6.01. The number of hydrogen-bond acceptors (Lipinski definition) is 5. The van der Waals surface area contributed by atoms with Gasteiger partial charge in [-0.2, -0.15) is 0 Å². The molecule has 2 fully saturated rings. The summed E-state index contributed by atoms with van der Waals surface area (Å²) >= 11 is 12.1. The molecule has 1 aromatic carbocycles. The molecule has 2 atom stereocenters. The number of ether oxygens (including phenoxy) is 3. The molecule has 1 saturated carbocycles. The molecule has 0 bridgehead atoms. The van der Waals surface area contributed by atoms with Crippen LogP contribution in [0.1, 0.15) is 45.6 Å². The van der Waals surface area contributed by atoms with Crippen molar-refractivity contribution in [2.24, 2.45) is 0 Å². The highest BCUT2D eigenvalue weighted by molar-refractivity contribution is 6.42. The molecule has 1 aliphatic carbocycles. The van der Waals surface area contributed by atoms with E-state index in [4.69, 9.17) is 37.4 Å². The zero-order valence-electron chi connectivity index (χ0n) is 19.3. The van der Waals surface area contributed by atoms with Gasteiger partial charge in [-0.25, -0.2) is 4.79 Å². The largest absolute Gasteiger partial charge is 0.444 e. The molecule has 178 valence electrons. The monoisotopic (exact) mass is 486 g/mol. The number of hydrogen-bond donors (Lipinski definition) is 0. The van der Waals surface area contributed by atoms with Crippen LogP contribution in [-0.4, -0.2) is 72.6 Å². The molecule has 1 aliphatic heterocycles. The van der Waals surface area contributed by atoms with Gasteiger partial charge in [0.05, 0.1) is 41.8 Å². The zero-order valence-corrected chi connectivity index (χ0v) is 20.8. The molecule has 3 rings (SSSR count). The van der Waals surface area contributed by atoms with Gasteiger partial charge in [0.1, 0.15) is 5.60 Å². The van der Waals surface area contributed by atoms with Crippen LogP contribution in [0.2, 0.25) is 10.0 Å². The van der Waals surface area contributed by atoms with E-state index in [2.05, 4.69) is 0 Å². The Bertz CT molecular complexity index is 851. The van der Waals surface area contributed by atoms with E-state index >= 15 is 0 Å². The molecule has 1 aromatic rings. The van der Waals surface area contributed by atoms with Crippen LogP contribution in [0.5, 0.6) is 0 Å². The molecule has 0 radical (unpaired) electrons. The molecule has 9 heteroatoms. The lowest BCUT2D eigenvalue weighted by molar-refractivity contribution is -0.197. The number of halogens is 2. The van der Waals surface area contributed by atoms with Gasteiger partial charge in [0.25, 0.3) is 0 Å². The second-order valence-electron chi connectivity index (χ2n) is 9.51. The fourth-order valence-corrected chi connectivity index (χ4v) is 4.65. The molecule has 7 nitrogen and oxygen atoms in total. The lowest BCUT2D eigenvalue weighted by Crippen LogP contribution is -2.59. The molecular formula is C23H32Cl2N2O5. The standard InChI is InChI=1S/C23H32Cl2N2O5/c1-22(2,3)32-21(29)27(5)18-8-9-23(30-10-11-31-23)14-19(18)26(4)20(28)13-15-6-7-16(24)17(25)12-15/h6-7,12,18-19H,8-11,13-14H2,1-5H3/t18-,19-/m0/s1. The first-order valence-corrected chi connectivity index (χ1v) is 11.6. The van der Waals surface area contributed by atoms with Crippen LogP contribution in [0.25, 0.3) is 0 Å². The Hall–Kier alpha value is -1.54. The minimum atomic E-state index is -0.714. The number of likely N-dealkylation sites (N-methyl/N-ethyl adjacent to an activating group) is 2. The zero-order chi connectivity index (χ0) is 23.7. The topological polar surface area (TPSA) is 68.3 Å². The van der Waals surface area contributed by atoms with Crippen molar-refractivity contribution in [3.63, 3.8) is 0 Å². The Labute approximate surface area is 199 Å². The maximum atomic E-state index is 13.2. The second-order valence-corrected chi connectivity index (χ2v) is 10.3. The van der Waals surface area contributed by atoms with Gasteiger partial charge in [0, 0.05) is 26.9 Å². The number of amides is 2. The van der Waals surface area contributed by atoms with Crippen molar-refractivity contribution in [2.75, 3.05) is 27.3 Å². The van der Waals surface area contributed by atoms with Gasteiger partial charge >= 0.3 is 6.09 Å². The molecule has 0 aromatic heterocycles. The van der Waals surface area contributed by atoms with E-state index in [-0.39, 0.29) is 24.4 Å². The molecule has 0 N–H and O–H groups in total. The molecule has 1 saturated heterocycles. The normalized spacial score (nSPS) is 22.6. The van der Waals surface area contributed by atoms with E-state index in [1.165, 1.54) is 0 Å². The van der Waals surface area contributed by atoms with Crippen molar-refractivity contribution < 1.29 is 23.8 Å². The van der Waals surface area contributed by atoms with Crippen LogP contribution in [-0.2, 0) is 25.4 Å². The highest BCUT2D eigenvalue weighted by Gasteiger charge is 2.49. The first-order valence-electron chi connectivity index (χ1n) is 10.8. The number of carbonyl (C=O) groups excluding carboxylic acids is 2. The molecule has 2 amide bonds. The number of benzene rings is 1. The molecule has 0 unspecified atom stereocenters. The number of rotatable bonds is 4. The molecule has 32 heavy (non-hydrogen) atoms. The van der Waals surface area contributed by atoms with Crippen LogP contribution in [0.15, 0.2) is 18.2 Å². The Balaban J connectivity index is 1.79. The average Bonchev–Trinajstić information content (AvgIpc) is 3.16. The number of nitrogens with zero attached hydrogens (tertiary/aromatic N) is 2. The predicted octanol–water partition coefficient (Wildman–Crippen LogP) is 4.53. The van der Waals surface area contributed by atoms with Gasteiger partial charge in [-0.05, 0) is 44.9 Å². The van der Waals surface area contributed by atoms with E-state index in [1.807, 2.05) is 20.8 Å². The Morgan fingerprint density at radius 2 is 1.75 bits per heavy atom. The summed E-state index contributed by atoms with van der Waals surface area (Å²) in [6.07, 6.45) is 1.51. The minimum absolute atomic E-state index is 0.0916. The van der Waals surface area contributed by atoms with Crippen LogP contribution in [0.3, 0.4) is 0 Å². The fourth-order valence-electron chi connectivity index (χ4n) is 4.33. The van der Waals surface area contributed by atoms with Crippen molar-refractivity contribution in [3.8, 4) is 0 Å². The van der Waals surface area contributed by atoms with Crippen LogP contribution >= 0.6 is 23.2 Å². The maximum absolute atomic E-state index is 13.2. The average molecular weight is 487 g/mol. The van der Waals surface area contributed by atoms with Crippen molar-refractivity contribution in [3.05, 3.63) is 33.8 Å². The van der Waals surface area contributed by atoms with Gasteiger partial charge in [-0.3, -0.25) is 4.79 Å². The summed E-state index contributed by atoms with van der Waals surface area (Å²) in [5.74, 6) is -0.806. The van der Waals surface area contributed by atoms with Crippen molar-refractivity contribution in [1.82, 2.24) is 9.80 Å². The third kappa shape index (κ3) is 5.87. The van der Waals surface area contributed by atoms with Crippen molar-refractivity contribution >= 4 is 35.2 Å². The molecule has 1 heterocycles. The molecule has 1 spiro atoms. The van der Waals surface area contributed by atoms with Gasteiger partial charge in [0.15, 0.2) is 5.79 Å². The van der Waals surface area contributed by atoms with Crippen molar-refractivity contribution in [2.45, 2.75) is 69.9 Å². The molecule has 2 aliphatic rings. The summed E-state index contributed by atoms with van der Waals surface area (Å²) in [6.45, 7) is 6.55. The minimum Gasteiger partial charge on any atom is -0.444 e. The van der Waals surface area contributed by atoms with Crippen LogP contribution < -0.4 is 0 Å². The Kier molecular flexibility index (Phi) is 7.65. The lowest BCUT2D eigenvalue weighted by Gasteiger charge is -2.47. The number of carbonyl (C=O) groups is 2. The van der Waals surface area contributed by atoms with Crippen LogP contribution in [0.4, 0.5) is 4.79 Å². The summed E-state index contributed by atoms with van der Waals surface area (Å²) in [5, 5.41) is 0.853. The highest BCUT2D eigenvalue weighted by Crippen LogP contribution is 2.39. The van der Waals surface area contributed by atoms with Crippen LogP contribution in [0, 0.1) is 0 Å². The van der Waals surface area contributed by atoms with E-state index in [0.29, 0.717) is 42.5 Å². The van der Waals surface area contributed by atoms with Gasteiger partial charge in [-0.1, -0.05) is 29.3 Å². The maximum Gasteiger partial charge on any atom is 0.410 e.